The molecule has 26 atom stereocenters. The third-order valence-corrected chi connectivity index (χ3v) is 21.0. The van der Waals surface area contributed by atoms with Gasteiger partial charge in [-0.1, -0.05) is 68.5 Å². The summed E-state index contributed by atoms with van der Waals surface area (Å²) in [7, 11) is 7.43. The van der Waals surface area contributed by atoms with Crippen LogP contribution in [0.25, 0.3) is 0 Å². The van der Waals surface area contributed by atoms with Gasteiger partial charge in [0.15, 0.2) is 36.4 Å². The lowest BCUT2D eigenvalue weighted by molar-refractivity contribution is -0.299. The van der Waals surface area contributed by atoms with E-state index in [4.69, 9.17) is 56.8 Å². The topological polar surface area (TPSA) is 319 Å². The van der Waals surface area contributed by atoms with Crippen LogP contribution >= 0.6 is 0 Å². The molecule has 6 heterocycles. The molecule has 2 unspecified atom stereocenters. The summed E-state index contributed by atoms with van der Waals surface area (Å²) in [5, 5.41) is 24.2. The minimum Gasteiger partial charge on any atom is -0.459 e. The summed E-state index contributed by atoms with van der Waals surface area (Å²) in [5.74, 6) is -12.0. The Labute approximate surface area is 597 Å². The standard InChI is InChI=1S/C37H59FN2O11.C37H60N2O11/c1-14-27-37(11,45)32-22(5)28(39-24(7)41)20(3)16-35(9,47-18-19(2)17-46-32)31(23(6)30(43)36(10,38)34(44)50-27)51-33-29(49-25(8)42)26(40(12)13)15-21(4)48-33;1-14-28-37(11,44)33-22(5)29(38-25(8)40)20(3)16-36(10,46-18-19(2)17-45-33)32(23(6)30(42)24(7)34(43)49-28)50-35-31(48-26(9)41)27(39(12)13)15-21(4)47-35/h20-23,26-27,29,31-33,45H,2,14-18H2,1,3-13H3;20-24,27-28,31-33,35,44H,2,14-18H2,1,3-13H3/t20-,21-,22+,23+,26+,27-,29?,31-,32-,33+,35-,36+,37-;20-,21-,22+,23+,24-,27+,28-,31?,32-,33-,35+,36-,37-/m11/s1. The molecule has 6 aliphatic rings. The van der Waals surface area contributed by atoms with Crippen molar-refractivity contribution in [2.45, 2.75) is 291 Å². The number of Topliss-reactive ketones (excluding diaryl/α,β-unsaturated/α-hetero) is 2. The maximum atomic E-state index is 16.7. The number of aliphatic hydroxyl groups is 2. The lowest BCUT2D eigenvalue weighted by Gasteiger charge is -2.48. The molecule has 4 bridgehead atoms. The molecule has 2 N–H and O–H groups in total. The van der Waals surface area contributed by atoms with Crippen LogP contribution in [0.3, 0.4) is 0 Å². The van der Waals surface area contributed by atoms with Gasteiger partial charge in [0, 0.05) is 62.8 Å². The van der Waals surface area contributed by atoms with Gasteiger partial charge in [0.1, 0.15) is 29.3 Å². The molecule has 0 aromatic carbocycles. The number of halogens is 1. The monoisotopic (exact) mass is 1430 g/mol. The van der Waals surface area contributed by atoms with E-state index in [1.807, 2.05) is 79.5 Å². The van der Waals surface area contributed by atoms with Crippen LogP contribution in [0.1, 0.15) is 177 Å². The van der Waals surface area contributed by atoms with Crippen LogP contribution in [0, 0.1) is 41.4 Å². The fourth-order valence-electron chi connectivity index (χ4n) is 15.8. The van der Waals surface area contributed by atoms with Crippen molar-refractivity contribution in [3.05, 3.63) is 24.3 Å². The zero-order chi connectivity index (χ0) is 76.7. The van der Waals surface area contributed by atoms with Gasteiger partial charge >= 0.3 is 23.9 Å². The second-order valence-electron chi connectivity index (χ2n) is 30.6. The van der Waals surface area contributed by atoms with Gasteiger partial charge in [-0.25, -0.2) is 19.2 Å². The van der Waals surface area contributed by atoms with Crippen LogP contribution in [0.2, 0.25) is 0 Å². The van der Waals surface area contributed by atoms with Crippen molar-refractivity contribution in [2.24, 2.45) is 51.4 Å². The van der Waals surface area contributed by atoms with Gasteiger partial charge in [-0.15, -0.1) is 0 Å². The third kappa shape index (κ3) is 20.7. The van der Waals surface area contributed by atoms with Crippen molar-refractivity contribution in [3.8, 4) is 0 Å². The first-order valence-electron chi connectivity index (χ1n) is 35.6. The van der Waals surface area contributed by atoms with Crippen LogP contribution in [0.5, 0.6) is 0 Å². The largest absolute Gasteiger partial charge is 0.459 e. The van der Waals surface area contributed by atoms with E-state index >= 15 is 4.39 Å². The van der Waals surface area contributed by atoms with E-state index < -0.39 is 178 Å². The normalized spacial score (nSPS) is 42.4. The molecule has 2 amide bonds. The predicted molar refractivity (Wildman–Crippen MR) is 371 cm³/mol. The molecule has 574 valence electrons. The molecular weight excluding hydrogens is 1320 g/mol. The summed E-state index contributed by atoms with van der Waals surface area (Å²) in [5.41, 5.74) is -7.83. The number of alkyl halides is 1. The number of esters is 4. The van der Waals surface area contributed by atoms with E-state index in [0.29, 0.717) is 35.4 Å². The number of carbonyl (C=O) groups excluding carboxylic acids is 8. The second kappa shape index (κ2) is 35.3. The number of likely N-dealkylation sites (N-methyl/N-ethyl adjacent to an activating group) is 2. The van der Waals surface area contributed by atoms with Crippen molar-refractivity contribution in [1.82, 2.24) is 9.80 Å². The number of carbonyl (C=O) groups is 8. The van der Waals surface area contributed by atoms with Crippen LogP contribution in [-0.4, -0.2) is 247 Å². The Balaban J connectivity index is 0.000000364. The highest BCUT2D eigenvalue weighted by Gasteiger charge is 2.59. The van der Waals surface area contributed by atoms with Crippen molar-refractivity contribution >= 4 is 58.7 Å². The first-order valence-corrected chi connectivity index (χ1v) is 35.6. The number of rotatable bonds is 10. The number of hydrogen-bond acceptors (Lipinski definition) is 24. The van der Waals surface area contributed by atoms with Crippen LogP contribution in [0.4, 0.5) is 4.39 Å². The molecule has 6 rings (SSSR count). The number of nitrogens with zero attached hydrogens (tertiary/aromatic N) is 4. The predicted octanol–water partition coefficient (Wildman–Crippen LogP) is 7.44. The minimum atomic E-state index is -3.18. The van der Waals surface area contributed by atoms with Gasteiger partial charge < -0.3 is 76.9 Å². The Kier molecular flexibility index (Phi) is 30.2. The fourth-order valence-corrected chi connectivity index (χ4v) is 15.8. The van der Waals surface area contributed by atoms with Gasteiger partial charge in [0.25, 0.3) is 5.67 Å². The van der Waals surface area contributed by atoms with Crippen LogP contribution < -0.4 is 0 Å². The molecule has 0 aromatic heterocycles. The first kappa shape index (κ1) is 86.5. The lowest BCUT2D eigenvalue weighted by Crippen LogP contribution is -2.62. The quantitative estimate of drug-likeness (QED) is 0.0928. The van der Waals surface area contributed by atoms with Gasteiger partial charge in [-0.05, 0) is 145 Å². The van der Waals surface area contributed by atoms with E-state index in [-0.39, 0.29) is 76.4 Å². The molecule has 6 fully saturated rings. The maximum Gasteiger partial charge on any atom is 0.351 e. The van der Waals surface area contributed by atoms with Crippen LogP contribution in [-0.2, 0) is 95.2 Å². The number of amides is 2. The maximum absolute atomic E-state index is 16.7. The summed E-state index contributed by atoms with van der Waals surface area (Å²) in [6, 6.07) is -0.620. The molecule has 0 spiro atoms. The summed E-state index contributed by atoms with van der Waals surface area (Å²) in [4.78, 5) is 119. The molecule has 27 heteroatoms. The second-order valence-corrected chi connectivity index (χ2v) is 30.6. The van der Waals surface area contributed by atoms with Crippen molar-refractivity contribution < 1.29 is 110 Å². The Morgan fingerprint density at radius 1 is 0.574 bits per heavy atom. The zero-order valence-electron chi connectivity index (χ0n) is 64.3. The molecule has 26 nitrogen and oxygen atoms in total. The Bertz CT molecular complexity index is 3040. The zero-order valence-corrected chi connectivity index (χ0v) is 64.3. The molecule has 0 radical (unpaired) electrons. The molecule has 6 saturated heterocycles. The fraction of sp³-hybridized carbons (Fsp3) is 0.811. The van der Waals surface area contributed by atoms with Crippen molar-refractivity contribution in [3.63, 3.8) is 0 Å². The van der Waals surface area contributed by atoms with Gasteiger partial charge in [0.05, 0.1) is 86.3 Å². The SMILES string of the molecule is C=C1CO[C@@H]2[C@@H](C)C(=NC(C)=O)[C@H](C)C[C@@](C)(OC1)[C@H](O[C@@H]1O[C@H](C)C[C@H](N(C)C)C1OC(C)=O)[C@@H](C)C(=O)[C@@H](C)C(=O)O[C@H](CC)[C@@]2(C)O.C=C1CO[C@@H]2[C@@H](C)C(=NC(C)=O)[C@H](C)C[C@@](C)(OC1)[C@H](O[C@@H]1O[C@H](C)C[C@H](N(C)C)C1OC(C)=O)[C@@H](C)C(=O)[C@](C)(F)C(=O)O[C@H](CC)[C@@]2(C)O. The number of ketones is 2. The number of cyclic esters (lactones) is 2. The number of fused-ring (bicyclic) bond motifs is 10. The smallest absolute Gasteiger partial charge is 0.351 e. The summed E-state index contributed by atoms with van der Waals surface area (Å²) in [6.07, 6.45) is -10.2. The van der Waals surface area contributed by atoms with E-state index in [2.05, 4.69) is 23.1 Å². The number of aliphatic imine (C=N–C) groups is 2. The first-order chi connectivity index (χ1) is 46.6. The molecule has 101 heavy (non-hydrogen) atoms. The molecule has 6 aliphatic heterocycles. The van der Waals surface area contributed by atoms with Crippen molar-refractivity contribution in [1.29, 1.82) is 0 Å². The Morgan fingerprint density at radius 3 is 1.29 bits per heavy atom. The summed E-state index contributed by atoms with van der Waals surface area (Å²) in [6.45, 7) is 39.6. The number of ether oxygens (including phenoxy) is 12. The molecular formula is C74H119FN4O22. The number of hydrogen-bond donors (Lipinski definition) is 2. The van der Waals surface area contributed by atoms with Crippen molar-refractivity contribution in [2.75, 3.05) is 54.6 Å². The highest BCUT2D eigenvalue weighted by molar-refractivity contribution is 6.08. The summed E-state index contributed by atoms with van der Waals surface area (Å²) < 4.78 is 92.0. The highest BCUT2D eigenvalue weighted by atomic mass is 19.1. The average Bonchev–Trinajstić information content (AvgIpc) is 1.63. The van der Waals surface area contributed by atoms with Gasteiger partial charge in [-0.3, -0.25) is 33.6 Å². The van der Waals surface area contributed by atoms with E-state index in [9.17, 15) is 48.6 Å². The Morgan fingerprint density at radius 2 is 0.941 bits per heavy atom. The molecule has 0 aromatic rings. The third-order valence-electron chi connectivity index (χ3n) is 21.0. The van der Waals surface area contributed by atoms with Gasteiger partial charge in [-0.2, -0.15) is 0 Å². The van der Waals surface area contributed by atoms with E-state index in [0.717, 1.165) is 6.92 Å². The molecule has 0 aliphatic carbocycles. The van der Waals surface area contributed by atoms with Crippen LogP contribution in [0.15, 0.2) is 34.3 Å². The average molecular weight is 1440 g/mol. The Hall–Kier alpha value is -5.17. The van der Waals surface area contributed by atoms with Gasteiger partial charge in [0.2, 0.25) is 11.8 Å². The van der Waals surface area contributed by atoms with E-state index in [1.165, 1.54) is 55.4 Å². The molecule has 0 saturated carbocycles. The minimum absolute atomic E-state index is 0.00420. The highest BCUT2D eigenvalue weighted by Crippen LogP contribution is 2.44. The summed E-state index contributed by atoms with van der Waals surface area (Å²) >= 11 is 0. The lowest BCUT2D eigenvalue weighted by atomic mass is 9.73. The van der Waals surface area contributed by atoms with E-state index in [1.54, 1.807) is 34.6 Å².